The van der Waals surface area contributed by atoms with Crippen molar-refractivity contribution >= 4 is 5.91 Å². The van der Waals surface area contributed by atoms with E-state index in [2.05, 4.69) is 20.8 Å². The number of rotatable bonds is 5. The fraction of sp³-hybridized carbons (Fsp3) is 0.933. The van der Waals surface area contributed by atoms with Crippen molar-refractivity contribution in [3.05, 3.63) is 0 Å². The highest BCUT2D eigenvalue weighted by Crippen LogP contribution is 2.48. The van der Waals surface area contributed by atoms with Gasteiger partial charge >= 0.3 is 0 Å². The Morgan fingerprint density at radius 1 is 1.33 bits per heavy atom. The first kappa shape index (κ1) is 13.9. The van der Waals surface area contributed by atoms with Crippen molar-refractivity contribution in [1.82, 2.24) is 4.90 Å². The van der Waals surface area contributed by atoms with E-state index in [0.717, 1.165) is 25.4 Å². The summed E-state index contributed by atoms with van der Waals surface area (Å²) in [6.45, 7) is 8.61. The van der Waals surface area contributed by atoms with Gasteiger partial charge in [-0.05, 0) is 50.0 Å². The lowest BCUT2D eigenvalue weighted by molar-refractivity contribution is -0.138. The minimum atomic E-state index is 0.0310. The van der Waals surface area contributed by atoms with Gasteiger partial charge in [-0.2, -0.15) is 0 Å². The predicted molar refractivity (Wildman–Crippen MR) is 74.0 cm³/mol. The molecule has 2 saturated carbocycles. The number of hydrogen-bond acceptors (Lipinski definition) is 2. The van der Waals surface area contributed by atoms with E-state index in [4.69, 9.17) is 5.73 Å². The van der Waals surface area contributed by atoms with Gasteiger partial charge in [-0.15, -0.1) is 0 Å². The number of nitrogens with two attached hydrogens (primary N) is 1. The van der Waals surface area contributed by atoms with Gasteiger partial charge in [0.15, 0.2) is 0 Å². The highest BCUT2D eigenvalue weighted by atomic mass is 16.2. The molecule has 0 heterocycles. The number of fused-ring (bicyclic) bond motifs is 2. The summed E-state index contributed by atoms with van der Waals surface area (Å²) in [6.07, 6.45) is 5.07. The second-order valence-electron chi connectivity index (χ2n) is 7.00. The first-order chi connectivity index (χ1) is 8.46. The molecule has 2 aliphatic rings. The Bertz CT molecular complexity index is 314. The smallest absolute Gasteiger partial charge is 0.225 e. The van der Waals surface area contributed by atoms with Gasteiger partial charge in [0.05, 0.1) is 0 Å². The van der Waals surface area contributed by atoms with Gasteiger partial charge < -0.3 is 10.6 Å². The molecule has 0 radical (unpaired) electrons. The first-order valence-corrected chi connectivity index (χ1v) is 7.45. The lowest BCUT2D eigenvalue weighted by Crippen LogP contribution is -2.45. The lowest BCUT2D eigenvalue weighted by Gasteiger charge is -2.34. The molecule has 3 unspecified atom stereocenters. The maximum Gasteiger partial charge on any atom is 0.225 e. The van der Waals surface area contributed by atoms with Crippen LogP contribution in [0.25, 0.3) is 0 Å². The molecule has 0 aromatic carbocycles. The summed E-state index contributed by atoms with van der Waals surface area (Å²) < 4.78 is 0. The average Bonchev–Trinajstić information content (AvgIpc) is 2.97. The molecule has 104 valence electrons. The maximum atomic E-state index is 12.6. The van der Waals surface area contributed by atoms with Gasteiger partial charge in [0.25, 0.3) is 0 Å². The van der Waals surface area contributed by atoms with Crippen molar-refractivity contribution in [2.45, 2.75) is 46.5 Å². The summed E-state index contributed by atoms with van der Waals surface area (Å²) in [4.78, 5) is 14.7. The standard InChI is InChI=1S/C15H28N2O/c1-4-17(10-15(2,3)9-16)14(18)13-8-11-5-6-12(13)7-11/h11-13H,4-10,16H2,1-3H3. The van der Waals surface area contributed by atoms with Crippen molar-refractivity contribution in [3.8, 4) is 0 Å². The van der Waals surface area contributed by atoms with Crippen LogP contribution >= 0.6 is 0 Å². The fourth-order valence-electron chi connectivity index (χ4n) is 3.71. The fourth-order valence-corrected chi connectivity index (χ4v) is 3.71. The molecule has 18 heavy (non-hydrogen) atoms. The molecule has 0 aromatic rings. The zero-order valence-corrected chi connectivity index (χ0v) is 12.1. The number of carbonyl (C=O) groups is 1. The largest absolute Gasteiger partial charge is 0.342 e. The molecule has 2 fully saturated rings. The third-order valence-corrected chi connectivity index (χ3v) is 4.92. The quantitative estimate of drug-likeness (QED) is 0.816. The maximum absolute atomic E-state index is 12.6. The Balaban J connectivity index is 1.98. The topological polar surface area (TPSA) is 46.3 Å². The highest BCUT2D eigenvalue weighted by molar-refractivity contribution is 5.79. The Hall–Kier alpha value is -0.570. The van der Waals surface area contributed by atoms with E-state index in [0.29, 0.717) is 24.3 Å². The van der Waals surface area contributed by atoms with Gasteiger partial charge in [0, 0.05) is 19.0 Å². The Morgan fingerprint density at radius 3 is 2.50 bits per heavy atom. The molecule has 0 saturated heterocycles. The van der Waals surface area contributed by atoms with Gasteiger partial charge in [0.2, 0.25) is 5.91 Å². The minimum Gasteiger partial charge on any atom is -0.342 e. The predicted octanol–water partition coefficient (Wildman–Crippen LogP) is 2.26. The third kappa shape index (κ3) is 2.71. The lowest BCUT2D eigenvalue weighted by atomic mass is 9.86. The second kappa shape index (κ2) is 5.20. The SMILES string of the molecule is CCN(CC(C)(C)CN)C(=O)C1CC2CCC1C2. The zero-order chi connectivity index (χ0) is 13.3. The van der Waals surface area contributed by atoms with Crippen LogP contribution in [0.15, 0.2) is 0 Å². The molecule has 3 atom stereocenters. The van der Waals surface area contributed by atoms with Crippen molar-refractivity contribution in [2.24, 2.45) is 28.9 Å². The molecule has 3 nitrogen and oxygen atoms in total. The summed E-state index contributed by atoms with van der Waals surface area (Å²) in [5.41, 5.74) is 5.82. The third-order valence-electron chi connectivity index (χ3n) is 4.92. The van der Waals surface area contributed by atoms with Crippen molar-refractivity contribution in [3.63, 3.8) is 0 Å². The van der Waals surface area contributed by atoms with E-state index in [-0.39, 0.29) is 5.41 Å². The summed E-state index contributed by atoms with van der Waals surface area (Å²) in [5.74, 6) is 2.23. The molecule has 3 heteroatoms. The van der Waals surface area contributed by atoms with Crippen LogP contribution in [0.3, 0.4) is 0 Å². The van der Waals surface area contributed by atoms with Gasteiger partial charge in [0.1, 0.15) is 0 Å². The zero-order valence-electron chi connectivity index (χ0n) is 12.1. The monoisotopic (exact) mass is 252 g/mol. The molecule has 2 aliphatic carbocycles. The molecule has 2 rings (SSSR count). The van der Waals surface area contributed by atoms with E-state index in [1.54, 1.807) is 0 Å². The number of hydrogen-bond donors (Lipinski definition) is 1. The summed E-state index contributed by atoms with van der Waals surface area (Å²) in [6, 6.07) is 0. The second-order valence-corrected chi connectivity index (χ2v) is 7.00. The number of carbonyl (C=O) groups excluding carboxylic acids is 1. The van der Waals surface area contributed by atoms with E-state index >= 15 is 0 Å². The van der Waals surface area contributed by atoms with E-state index < -0.39 is 0 Å². The van der Waals surface area contributed by atoms with Crippen molar-refractivity contribution in [1.29, 1.82) is 0 Å². The van der Waals surface area contributed by atoms with Crippen LogP contribution in [0.5, 0.6) is 0 Å². The molecule has 1 amide bonds. The van der Waals surface area contributed by atoms with Crippen LogP contribution in [0, 0.1) is 23.2 Å². The van der Waals surface area contributed by atoms with Gasteiger partial charge in [-0.3, -0.25) is 4.79 Å². The number of amides is 1. The van der Waals surface area contributed by atoms with E-state index in [9.17, 15) is 4.79 Å². The molecular formula is C15H28N2O. The van der Waals surface area contributed by atoms with Gasteiger partial charge in [-0.25, -0.2) is 0 Å². The normalized spacial score (nSPS) is 30.8. The Kier molecular flexibility index (Phi) is 4.00. The van der Waals surface area contributed by atoms with Crippen LogP contribution in [0.1, 0.15) is 46.5 Å². The number of nitrogens with zero attached hydrogens (tertiary/aromatic N) is 1. The highest BCUT2D eigenvalue weighted by Gasteiger charge is 2.44. The molecule has 0 aliphatic heterocycles. The van der Waals surface area contributed by atoms with Crippen LogP contribution in [-0.4, -0.2) is 30.4 Å². The first-order valence-electron chi connectivity index (χ1n) is 7.45. The van der Waals surface area contributed by atoms with E-state index in [1.165, 1.54) is 19.3 Å². The van der Waals surface area contributed by atoms with Gasteiger partial charge in [-0.1, -0.05) is 20.3 Å². The Labute approximate surface area is 111 Å². The summed E-state index contributed by atoms with van der Waals surface area (Å²) in [5, 5.41) is 0. The van der Waals surface area contributed by atoms with E-state index in [1.807, 2.05) is 4.90 Å². The Morgan fingerprint density at radius 2 is 2.06 bits per heavy atom. The van der Waals surface area contributed by atoms with Crippen molar-refractivity contribution < 1.29 is 4.79 Å². The molecule has 2 N–H and O–H groups in total. The van der Waals surface area contributed by atoms with Crippen LogP contribution in [0.2, 0.25) is 0 Å². The van der Waals surface area contributed by atoms with Crippen LogP contribution in [-0.2, 0) is 4.79 Å². The average molecular weight is 252 g/mol. The molecule has 0 spiro atoms. The summed E-state index contributed by atoms with van der Waals surface area (Å²) in [7, 11) is 0. The van der Waals surface area contributed by atoms with Crippen LogP contribution < -0.4 is 5.73 Å². The summed E-state index contributed by atoms with van der Waals surface area (Å²) >= 11 is 0. The molecular weight excluding hydrogens is 224 g/mol. The minimum absolute atomic E-state index is 0.0310. The molecule has 2 bridgehead atoms. The van der Waals surface area contributed by atoms with Crippen LogP contribution in [0.4, 0.5) is 0 Å². The molecule has 0 aromatic heterocycles. The van der Waals surface area contributed by atoms with Crippen molar-refractivity contribution in [2.75, 3.05) is 19.6 Å².